The summed E-state index contributed by atoms with van der Waals surface area (Å²) in [5, 5.41) is 4.45. The number of piperazine rings is 1. The molecule has 1 saturated heterocycles. The highest BCUT2D eigenvalue weighted by Gasteiger charge is 2.28. The molecule has 4 rings (SSSR count). The lowest BCUT2D eigenvalue weighted by Crippen LogP contribution is -2.45. The predicted octanol–water partition coefficient (Wildman–Crippen LogP) is 3.38. The van der Waals surface area contributed by atoms with Gasteiger partial charge in [0.25, 0.3) is 5.91 Å². The number of hydrogen-bond acceptors (Lipinski definition) is 6. The Labute approximate surface area is 189 Å². The molecule has 0 aliphatic carbocycles. The SMILES string of the molecule is COCCN(Cc1c(-c2ccccc2)noc1N1CCN(C)CC1)C(=O)c1ccccc1. The molecule has 2 heterocycles. The predicted molar refractivity (Wildman–Crippen MR) is 125 cm³/mol. The van der Waals surface area contributed by atoms with Crippen LogP contribution in [-0.4, -0.2) is 74.4 Å². The van der Waals surface area contributed by atoms with E-state index in [4.69, 9.17) is 9.26 Å². The number of rotatable bonds is 8. The number of ether oxygens (including phenoxy) is 1. The number of hydrogen-bond donors (Lipinski definition) is 0. The minimum absolute atomic E-state index is 0.0350. The van der Waals surface area contributed by atoms with Crippen molar-refractivity contribution < 1.29 is 14.1 Å². The van der Waals surface area contributed by atoms with Crippen molar-refractivity contribution >= 4 is 11.8 Å². The fourth-order valence-electron chi connectivity index (χ4n) is 3.93. The van der Waals surface area contributed by atoms with Gasteiger partial charge in [-0.2, -0.15) is 0 Å². The third kappa shape index (κ3) is 5.00. The smallest absolute Gasteiger partial charge is 0.254 e. The summed E-state index contributed by atoms with van der Waals surface area (Å²) >= 11 is 0. The van der Waals surface area contributed by atoms with Crippen molar-refractivity contribution in [2.45, 2.75) is 6.54 Å². The molecular formula is C25H30N4O3. The van der Waals surface area contributed by atoms with E-state index in [2.05, 4.69) is 22.0 Å². The molecule has 168 valence electrons. The summed E-state index contributed by atoms with van der Waals surface area (Å²) < 4.78 is 11.2. The van der Waals surface area contributed by atoms with Crippen LogP contribution in [0.4, 0.5) is 5.88 Å². The van der Waals surface area contributed by atoms with Gasteiger partial charge in [0.15, 0.2) is 0 Å². The average molecular weight is 435 g/mol. The van der Waals surface area contributed by atoms with Crippen LogP contribution in [0.25, 0.3) is 11.3 Å². The Morgan fingerprint density at radius 2 is 1.69 bits per heavy atom. The molecule has 0 unspecified atom stereocenters. The minimum atomic E-state index is -0.0350. The molecule has 0 radical (unpaired) electrons. The fourth-order valence-corrected chi connectivity index (χ4v) is 3.93. The molecule has 1 fully saturated rings. The summed E-state index contributed by atoms with van der Waals surface area (Å²) in [6, 6.07) is 19.4. The van der Waals surface area contributed by atoms with Crippen LogP contribution in [-0.2, 0) is 11.3 Å². The highest BCUT2D eigenvalue weighted by atomic mass is 16.5. The highest BCUT2D eigenvalue weighted by Crippen LogP contribution is 2.33. The zero-order chi connectivity index (χ0) is 22.3. The van der Waals surface area contributed by atoms with Gasteiger partial charge in [0.05, 0.1) is 18.7 Å². The molecule has 0 bridgehead atoms. The summed E-state index contributed by atoms with van der Waals surface area (Å²) in [4.78, 5) is 19.7. The summed E-state index contributed by atoms with van der Waals surface area (Å²) in [6.07, 6.45) is 0. The van der Waals surface area contributed by atoms with E-state index in [-0.39, 0.29) is 5.91 Å². The molecule has 1 aliphatic heterocycles. The van der Waals surface area contributed by atoms with Gasteiger partial charge >= 0.3 is 0 Å². The van der Waals surface area contributed by atoms with Gasteiger partial charge in [-0.25, -0.2) is 0 Å². The van der Waals surface area contributed by atoms with Gasteiger partial charge in [-0.1, -0.05) is 53.7 Å². The van der Waals surface area contributed by atoms with Crippen LogP contribution in [0.15, 0.2) is 65.2 Å². The van der Waals surface area contributed by atoms with Gasteiger partial charge < -0.3 is 24.0 Å². The molecule has 0 spiro atoms. The first-order chi connectivity index (χ1) is 15.7. The van der Waals surface area contributed by atoms with E-state index < -0.39 is 0 Å². The first-order valence-electron chi connectivity index (χ1n) is 11.0. The maximum atomic E-state index is 13.4. The third-order valence-electron chi connectivity index (χ3n) is 5.83. The summed E-state index contributed by atoms with van der Waals surface area (Å²) in [7, 11) is 3.77. The lowest BCUT2D eigenvalue weighted by atomic mass is 10.1. The number of anilines is 1. The lowest BCUT2D eigenvalue weighted by molar-refractivity contribution is 0.0680. The number of aromatic nitrogens is 1. The van der Waals surface area contributed by atoms with Crippen LogP contribution < -0.4 is 4.90 Å². The van der Waals surface area contributed by atoms with E-state index in [0.29, 0.717) is 25.3 Å². The fraction of sp³-hybridized carbons (Fsp3) is 0.360. The molecule has 0 N–H and O–H groups in total. The number of carbonyl (C=O) groups excluding carboxylic acids is 1. The van der Waals surface area contributed by atoms with Crippen LogP contribution in [0.1, 0.15) is 15.9 Å². The first-order valence-corrected chi connectivity index (χ1v) is 11.0. The number of benzene rings is 2. The van der Waals surface area contributed by atoms with Gasteiger partial charge in [-0.3, -0.25) is 4.79 Å². The van der Waals surface area contributed by atoms with Gasteiger partial charge in [-0.15, -0.1) is 0 Å². The van der Waals surface area contributed by atoms with Crippen LogP contribution >= 0.6 is 0 Å². The molecule has 1 amide bonds. The molecule has 0 saturated carbocycles. The second kappa shape index (κ2) is 10.4. The molecule has 7 heteroatoms. The Balaban J connectivity index is 1.69. The van der Waals surface area contributed by atoms with E-state index in [9.17, 15) is 4.79 Å². The number of amides is 1. The van der Waals surface area contributed by atoms with E-state index in [0.717, 1.165) is 48.9 Å². The Hall–Kier alpha value is -3.16. The van der Waals surface area contributed by atoms with Crippen molar-refractivity contribution in [2.75, 3.05) is 58.4 Å². The molecule has 1 aromatic heterocycles. The Morgan fingerprint density at radius 1 is 1.03 bits per heavy atom. The van der Waals surface area contributed by atoms with E-state index in [1.54, 1.807) is 7.11 Å². The summed E-state index contributed by atoms with van der Waals surface area (Å²) in [5.74, 6) is 0.715. The molecule has 7 nitrogen and oxygen atoms in total. The van der Waals surface area contributed by atoms with Crippen LogP contribution in [0.2, 0.25) is 0 Å². The average Bonchev–Trinajstić information content (AvgIpc) is 3.26. The maximum Gasteiger partial charge on any atom is 0.254 e. The first kappa shape index (κ1) is 22.0. The molecule has 1 aliphatic rings. The summed E-state index contributed by atoms with van der Waals surface area (Å²) in [5.41, 5.74) is 3.34. The lowest BCUT2D eigenvalue weighted by Gasteiger charge is -2.33. The van der Waals surface area contributed by atoms with Crippen molar-refractivity contribution in [3.05, 3.63) is 71.8 Å². The Kier molecular flexibility index (Phi) is 7.19. The molecule has 0 atom stereocenters. The van der Waals surface area contributed by atoms with Crippen molar-refractivity contribution in [3.63, 3.8) is 0 Å². The zero-order valence-corrected chi connectivity index (χ0v) is 18.7. The van der Waals surface area contributed by atoms with E-state index >= 15 is 0 Å². The topological polar surface area (TPSA) is 62.1 Å². The van der Waals surface area contributed by atoms with Crippen LogP contribution in [0.5, 0.6) is 0 Å². The van der Waals surface area contributed by atoms with Gasteiger partial charge in [-0.05, 0) is 19.2 Å². The largest absolute Gasteiger partial charge is 0.383 e. The van der Waals surface area contributed by atoms with Gasteiger partial charge in [0.1, 0.15) is 5.69 Å². The number of methoxy groups -OCH3 is 1. The standard InChI is InChI=1S/C25H30N4O3/c1-27-13-15-28(16-14-27)25-22(23(26-32-25)20-9-5-3-6-10-20)19-29(17-18-31-2)24(30)21-11-7-4-8-12-21/h3-12H,13-19H2,1-2H3. The number of nitrogens with zero attached hydrogens (tertiary/aromatic N) is 4. The van der Waals surface area contributed by atoms with E-state index in [1.807, 2.05) is 65.6 Å². The molecule has 32 heavy (non-hydrogen) atoms. The second-order valence-corrected chi connectivity index (χ2v) is 8.06. The molecule has 2 aromatic carbocycles. The number of carbonyl (C=O) groups is 1. The van der Waals surface area contributed by atoms with Gasteiger partial charge in [0, 0.05) is 51.0 Å². The van der Waals surface area contributed by atoms with Gasteiger partial charge in [0.2, 0.25) is 5.88 Å². The second-order valence-electron chi connectivity index (χ2n) is 8.06. The third-order valence-corrected chi connectivity index (χ3v) is 5.83. The van der Waals surface area contributed by atoms with Crippen LogP contribution in [0, 0.1) is 0 Å². The van der Waals surface area contributed by atoms with E-state index in [1.165, 1.54) is 0 Å². The molecular weight excluding hydrogens is 404 g/mol. The zero-order valence-electron chi connectivity index (χ0n) is 18.7. The van der Waals surface area contributed by atoms with Crippen molar-refractivity contribution in [1.82, 2.24) is 15.0 Å². The minimum Gasteiger partial charge on any atom is -0.383 e. The normalized spacial score (nSPS) is 14.5. The summed E-state index contributed by atoms with van der Waals surface area (Å²) in [6.45, 7) is 4.95. The Morgan fingerprint density at radius 3 is 2.34 bits per heavy atom. The maximum absolute atomic E-state index is 13.4. The van der Waals surface area contributed by atoms with Crippen molar-refractivity contribution in [3.8, 4) is 11.3 Å². The highest BCUT2D eigenvalue weighted by molar-refractivity contribution is 5.94. The van der Waals surface area contributed by atoms with Crippen molar-refractivity contribution in [1.29, 1.82) is 0 Å². The number of likely N-dealkylation sites (N-methyl/N-ethyl adjacent to an activating group) is 1. The molecule has 3 aromatic rings. The quantitative estimate of drug-likeness (QED) is 0.542. The Bertz CT molecular complexity index is 999. The monoisotopic (exact) mass is 434 g/mol. The van der Waals surface area contributed by atoms with Crippen LogP contribution in [0.3, 0.4) is 0 Å². The van der Waals surface area contributed by atoms with Crippen molar-refractivity contribution in [2.24, 2.45) is 0 Å².